The number of aryl methyl sites for hydroxylation is 1. The van der Waals surface area contributed by atoms with Gasteiger partial charge in [0.15, 0.2) is 0 Å². The van der Waals surface area contributed by atoms with E-state index in [2.05, 4.69) is 61.9 Å². The molecule has 0 bridgehead atoms. The van der Waals surface area contributed by atoms with Gasteiger partial charge in [0.05, 0.1) is 35.0 Å². The van der Waals surface area contributed by atoms with Crippen LogP contribution in [-0.2, 0) is 27.0 Å². The summed E-state index contributed by atoms with van der Waals surface area (Å²) in [5.74, 6) is 6.30. The molecular formula is C47H49F6N3O2Si. The normalized spacial score (nSPS) is 12.4. The summed E-state index contributed by atoms with van der Waals surface area (Å²) in [6.45, 7) is 11.9. The molecule has 0 N–H and O–H groups in total. The number of rotatable bonds is 11. The number of carbonyl (C=O) groups is 1. The maximum atomic E-state index is 14.2. The van der Waals surface area contributed by atoms with Gasteiger partial charge in [0.1, 0.15) is 5.82 Å². The molecule has 4 aromatic carbocycles. The van der Waals surface area contributed by atoms with Gasteiger partial charge in [0.25, 0.3) is 8.32 Å². The molecule has 1 heterocycles. The fraction of sp³-hybridized carbons (Fsp3) is 0.319. The summed E-state index contributed by atoms with van der Waals surface area (Å²) in [6, 6.07) is 31.3. The summed E-state index contributed by atoms with van der Waals surface area (Å²) in [5.41, 5.74) is -2.64. The van der Waals surface area contributed by atoms with E-state index >= 15 is 0 Å². The summed E-state index contributed by atoms with van der Waals surface area (Å²) in [5, 5.41) is 2.21. The molecule has 0 radical (unpaired) electrons. The number of alkyl halides is 6. The van der Waals surface area contributed by atoms with Crippen LogP contribution in [0.2, 0.25) is 5.04 Å². The van der Waals surface area contributed by atoms with Gasteiger partial charge >= 0.3 is 12.4 Å². The third-order valence-electron chi connectivity index (χ3n) is 10.6. The molecule has 0 aliphatic carbocycles. The topological polar surface area (TPSA) is 45.7 Å². The van der Waals surface area contributed by atoms with Crippen LogP contribution in [0.4, 0.5) is 37.8 Å². The fourth-order valence-electron chi connectivity index (χ4n) is 7.33. The predicted octanol–water partition coefficient (Wildman–Crippen LogP) is 10.4. The molecule has 310 valence electrons. The lowest BCUT2D eigenvalue weighted by Gasteiger charge is -2.43. The number of anilines is 2. The lowest BCUT2D eigenvalue weighted by molar-refractivity contribution is -0.143. The highest BCUT2D eigenvalue weighted by molar-refractivity contribution is 6.99. The molecule has 5 nitrogen and oxygen atoms in total. The maximum Gasteiger partial charge on any atom is 0.416 e. The summed E-state index contributed by atoms with van der Waals surface area (Å²) in [7, 11) is 0.561. The minimum Gasteiger partial charge on any atom is -0.406 e. The molecule has 0 saturated carbocycles. The monoisotopic (exact) mass is 829 g/mol. The van der Waals surface area contributed by atoms with Crippen molar-refractivity contribution >= 4 is 36.1 Å². The standard InChI is InChI=1S/C47H49F6N3O2Si/c1-33-20-16-17-25-39(33)40-31-42(54-32-41(40)56(8)43(57)45(5,6)34-28-35(46(48,49)50)30-36(29-34)47(51,52)53)55(7)26-18-11-19-27-58-59(44(2,3)4,37-21-12-9-13-22-37)38-23-14-10-15-24-38/h9-10,12-17,20-25,28-32H,19,26-27H2,1-8H3. The zero-order chi connectivity index (χ0) is 43.4. The first-order chi connectivity index (χ1) is 27.6. The highest BCUT2D eigenvalue weighted by Crippen LogP contribution is 2.41. The summed E-state index contributed by atoms with van der Waals surface area (Å²) in [4.78, 5) is 21.9. The Morgan fingerprint density at radius 2 is 1.20 bits per heavy atom. The minimum absolute atomic E-state index is 0.0539. The van der Waals surface area contributed by atoms with Crippen molar-refractivity contribution in [2.24, 2.45) is 0 Å². The van der Waals surface area contributed by atoms with E-state index in [-0.39, 0.29) is 11.1 Å². The average Bonchev–Trinajstić information content (AvgIpc) is 3.19. The number of nitrogens with zero attached hydrogens (tertiary/aromatic N) is 3. The molecule has 0 unspecified atom stereocenters. The van der Waals surface area contributed by atoms with Crippen LogP contribution in [0.15, 0.2) is 115 Å². The first-order valence-corrected chi connectivity index (χ1v) is 21.1. The molecule has 1 aromatic heterocycles. The number of hydrogen-bond donors (Lipinski definition) is 0. The molecule has 12 heteroatoms. The molecule has 0 fully saturated rings. The van der Waals surface area contributed by atoms with Gasteiger partial charge in [-0.25, -0.2) is 4.98 Å². The largest absolute Gasteiger partial charge is 0.416 e. The van der Waals surface area contributed by atoms with Crippen LogP contribution in [0.3, 0.4) is 0 Å². The van der Waals surface area contributed by atoms with Crippen molar-refractivity contribution < 1.29 is 35.6 Å². The van der Waals surface area contributed by atoms with Crippen molar-refractivity contribution in [3.05, 3.63) is 138 Å². The van der Waals surface area contributed by atoms with E-state index < -0.39 is 48.7 Å². The molecule has 59 heavy (non-hydrogen) atoms. The van der Waals surface area contributed by atoms with Gasteiger partial charge in [-0.1, -0.05) is 118 Å². The Morgan fingerprint density at radius 3 is 1.71 bits per heavy atom. The summed E-state index contributed by atoms with van der Waals surface area (Å²) in [6.07, 6.45) is -8.14. The molecule has 0 aliphatic heterocycles. The zero-order valence-corrected chi connectivity index (χ0v) is 35.5. The van der Waals surface area contributed by atoms with E-state index in [1.54, 1.807) is 6.07 Å². The highest BCUT2D eigenvalue weighted by atomic mass is 28.4. The van der Waals surface area contributed by atoms with Crippen LogP contribution >= 0.6 is 0 Å². The molecule has 1 amide bonds. The second kappa shape index (κ2) is 17.5. The van der Waals surface area contributed by atoms with Crippen molar-refractivity contribution in [2.75, 3.05) is 37.0 Å². The van der Waals surface area contributed by atoms with Gasteiger partial charge in [-0.15, -0.1) is 0 Å². The Balaban J connectivity index is 1.40. The first kappa shape index (κ1) is 44.7. The molecular weight excluding hydrogens is 781 g/mol. The zero-order valence-electron chi connectivity index (χ0n) is 34.5. The van der Waals surface area contributed by atoms with Gasteiger partial charge in [0.2, 0.25) is 5.91 Å². The second-order valence-electron chi connectivity index (χ2n) is 16.1. The smallest absolute Gasteiger partial charge is 0.406 e. The van der Waals surface area contributed by atoms with Crippen molar-refractivity contribution in [3.8, 4) is 23.0 Å². The van der Waals surface area contributed by atoms with E-state index in [4.69, 9.17) is 4.43 Å². The van der Waals surface area contributed by atoms with Crippen molar-refractivity contribution in [2.45, 2.75) is 70.8 Å². The predicted molar refractivity (Wildman–Crippen MR) is 227 cm³/mol. The number of likely N-dealkylation sites (N-methyl/N-ethyl adjacent to an activating group) is 1. The Kier molecular flexibility index (Phi) is 13.2. The van der Waals surface area contributed by atoms with Crippen molar-refractivity contribution in [1.29, 1.82) is 0 Å². The van der Waals surface area contributed by atoms with E-state index in [1.165, 1.54) is 42.4 Å². The second-order valence-corrected chi connectivity index (χ2v) is 20.4. The van der Waals surface area contributed by atoms with Crippen molar-refractivity contribution in [1.82, 2.24) is 4.98 Å². The summed E-state index contributed by atoms with van der Waals surface area (Å²) >= 11 is 0. The molecule has 0 atom stereocenters. The molecule has 5 aromatic rings. The number of hydrogen-bond acceptors (Lipinski definition) is 4. The van der Waals surface area contributed by atoms with E-state index in [1.807, 2.05) is 79.5 Å². The fourth-order valence-corrected chi connectivity index (χ4v) is 11.9. The van der Waals surface area contributed by atoms with Crippen LogP contribution < -0.4 is 20.2 Å². The number of pyridine rings is 1. The SMILES string of the molecule is Cc1ccccc1-c1cc(N(C)CC#CCCO[Si](c2ccccc2)(c2ccccc2)C(C)(C)C)ncc1N(C)C(=O)C(C)(C)c1cc(C(F)(F)F)cc(C(F)(F)F)c1. The van der Waals surface area contributed by atoms with Crippen LogP contribution in [0.5, 0.6) is 0 Å². The third-order valence-corrected chi connectivity index (χ3v) is 15.7. The van der Waals surface area contributed by atoms with Crippen molar-refractivity contribution in [3.63, 3.8) is 0 Å². The number of carbonyl (C=O) groups excluding carboxylic acids is 1. The Morgan fingerprint density at radius 1 is 0.695 bits per heavy atom. The van der Waals surface area contributed by atoms with E-state index in [0.717, 1.165) is 11.1 Å². The van der Waals surface area contributed by atoms with Crippen LogP contribution in [0, 0.1) is 18.8 Å². The number of benzene rings is 4. The first-order valence-electron chi connectivity index (χ1n) is 19.1. The lowest BCUT2D eigenvalue weighted by Crippen LogP contribution is -2.66. The van der Waals surface area contributed by atoms with E-state index in [0.29, 0.717) is 48.8 Å². The summed E-state index contributed by atoms with van der Waals surface area (Å²) < 4.78 is 89.6. The Hall–Kier alpha value is -5.38. The lowest BCUT2D eigenvalue weighted by atomic mass is 9.81. The van der Waals surface area contributed by atoms with E-state index in [9.17, 15) is 31.1 Å². The maximum absolute atomic E-state index is 14.2. The highest BCUT2D eigenvalue weighted by Gasteiger charge is 2.50. The van der Waals surface area contributed by atoms with Gasteiger partial charge in [-0.3, -0.25) is 4.79 Å². The van der Waals surface area contributed by atoms with Gasteiger partial charge < -0.3 is 14.2 Å². The molecule has 0 aliphatic rings. The quantitative estimate of drug-likeness (QED) is 0.0576. The minimum atomic E-state index is -5.06. The molecule has 0 saturated heterocycles. The Bertz CT molecular complexity index is 2240. The van der Waals surface area contributed by atoms with Gasteiger partial charge in [0, 0.05) is 32.7 Å². The Labute approximate surface area is 344 Å². The molecule has 5 rings (SSSR count). The molecule has 0 spiro atoms. The number of aromatic nitrogens is 1. The van der Waals surface area contributed by atoms with Crippen LogP contribution in [-0.4, -0.2) is 46.5 Å². The third kappa shape index (κ3) is 9.74. The van der Waals surface area contributed by atoms with Gasteiger partial charge in [-0.05, 0) is 77.1 Å². The van der Waals surface area contributed by atoms with Crippen LogP contribution in [0.25, 0.3) is 11.1 Å². The van der Waals surface area contributed by atoms with Crippen LogP contribution in [0.1, 0.15) is 63.3 Å². The number of halogens is 6. The van der Waals surface area contributed by atoms with Gasteiger partial charge in [-0.2, -0.15) is 26.3 Å². The average molecular weight is 830 g/mol. The number of amides is 1.